The van der Waals surface area contributed by atoms with E-state index in [1.807, 2.05) is 12.1 Å². The molecule has 1 aliphatic heterocycles. The van der Waals surface area contributed by atoms with Crippen molar-refractivity contribution < 1.29 is 9.47 Å². The third-order valence-corrected chi connectivity index (χ3v) is 4.72. The smallest absolute Gasteiger partial charge is 0.126 e. The summed E-state index contributed by atoms with van der Waals surface area (Å²) in [5.41, 5.74) is 7.17. The molecule has 2 N–H and O–H groups in total. The van der Waals surface area contributed by atoms with Gasteiger partial charge in [0.25, 0.3) is 0 Å². The number of ether oxygens (including phenoxy) is 2. The van der Waals surface area contributed by atoms with Gasteiger partial charge in [0.05, 0.1) is 6.61 Å². The van der Waals surface area contributed by atoms with Crippen LogP contribution in [0.4, 0.5) is 0 Å². The largest absolute Gasteiger partial charge is 0.487 e. The van der Waals surface area contributed by atoms with Crippen molar-refractivity contribution in [1.29, 1.82) is 0 Å². The van der Waals surface area contributed by atoms with E-state index in [-0.39, 0.29) is 6.10 Å². The SMILES string of the molecule is NCC1CCCCC1COCC1Cc2ccccc2O1. The first-order chi connectivity index (χ1) is 9.86. The summed E-state index contributed by atoms with van der Waals surface area (Å²) in [4.78, 5) is 0. The Kier molecular flexibility index (Phi) is 4.58. The van der Waals surface area contributed by atoms with Crippen molar-refractivity contribution in [2.24, 2.45) is 17.6 Å². The standard InChI is InChI=1S/C17H25NO2/c18-10-14-6-1-2-7-15(14)11-19-12-16-9-13-5-3-4-8-17(13)20-16/h3-5,8,14-16H,1-2,6-7,9-12,18H2. The van der Waals surface area contributed by atoms with Gasteiger partial charge in [-0.15, -0.1) is 0 Å². The van der Waals surface area contributed by atoms with Gasteiger partial charge in [0.1, 0.15) is 11.9 Å². The summed E-state index contributed by atoms with van der Waals surface area (Å²) in [7, 11) is 0. The molecule has 1 aromatic rings. The zero-order valence-corrected chi connectivity index (χ0v) is 12.1. The lowest BCUT2D eigenvalue weighted by Gasteiger charge is -2.30. The van der Waals surface area contributed by atoms with Crippen molar-refractivity contribution in [1.82, 2.24) is 0 Å². The van der Waals surface area contributed by atoms with Crippen LogP contribution >= 0.6 is 0 Å². The zero-order valence-electron chi connectivity index (χ0n) is 12.1. The van der Waals surface area contributed by atoms with Crippen LogP contribution in [0.15, 0.2) is 24.3 Å². The van der Waals surface area contributed by atoms with E-state index in [0.29, 0.717) is 18.4 Å². The van der Waals surface area contributed by atoms with E-state index < -0.39 is 0 Å². The highest BCUT2D eigenvalue weighted by Gasteiger charge is 2.26. The van der Waals surface area contributed by atoms with Crippen molar-refractivity contribution in [3.05, 3.63) is 29.8 Å². The van der Waals surface area contributed by atoms with Gasteiger partial charge in [-0.3, -0.25) is 0 Å². The molecule has 3 nitrogen and oxygen atoms in total. The Balaban J connectivity index is 1.43. The Hall–Kier alpha value is -1.06. The fourth-order valence-corrected chi connectivity index (χ4v) is 3.51. The van der Waals surface area contributed by atoms with Crippen LogP contribution < -0.4 is 10.5 Å². The van der Waals surface area contributed by atoms with Crippen LogP contribution in [0.3, 0.4) is 0 Å². The van der Waals surface area contributed by atoms with E-state index >= 15 is 0 Å². The van der Waals surface area contributed by atoms with Gasteiger partial charge in [0.2, 0.25) is 0 Å². The van der Waals surface area contributed by atoms with Gasteiger partial charge in [-0.2, -0.15) is 0 Å². The maximum absolute atomic E-state index is 5.94. The number of hydrogen-bond donors (Lipinski definition) is 1. The second-order valence-corrected chi connectivity index (χ2v) is 6.13. The monoisotopic (exact) mass is 275 g/mol. The summed E-state index contributed by atoms with van der Waals surface area (Å²) >= 11 is 0. The number of benzene rings is 1. The van der Waals surface area contributed by atoms with E-state index in [1.165, 1.54) is 31.2 Å². The van der Waals surface area contributed by atoms with Crippen molar-refractivity contribution in [3.8, 4) is 5.75 Å². The molecule has 0 spiro atoms. The molecule has 3 rings (SSSR count). The molecular weight excluding hydrogens is 250 g/mol. The molecule has 3 atom stereocenters. The summed E-state index contributed by atoms with van der Waals surface area (Å²) < 4.78 is 11.8. The fourth-order valence-electron chi connectivity index (χ4n) is 3.51. The van der Waals surface area contributed by atoms with Gasteiger partial charge in [-0.1, -0.05) is 31.0 Å². The number of rotatable bonds is 5. The predicted octanol–water partition coefficient (Wildman–Crippen LogP) is 2.77. The molecule has 0 radical (unpaired) electrons. The molecule has 110 valence electrons. The van der Waals surface area contributed by atoms with Gasteiger partial charge < -0.3 is 15.2 Å². The third-order valence-electron chi connectivity index (χ3n) is 4.72. The summed E-state index contributed by atoms with van der Waals surface area (Å²) in [6, 6.07) is 8.27. The topological polar surface area (TPSA) is 44.5 Å². The Morgan fingerprint density at radius 2 is 1.90 bits per heavy atom. The van der Waals surface area contributed by atoms with Crippen molar-refractivity contribution in [2.75, 3.05) is 19.8 Å². The van der Waals surface area contributed by atoms with Gasteiger partial charge in [0.15, 0.2) is 0 Å². The van der Waals surface area contributed by atoms with Gasteiger partial charge in [-0.25, -0.2) is 0 Å². The minimum Gasteiger partial charge on any atom is -0.487 e. The van der Waals surface area contributed by atoms with Crippen LogP contribution in [-0.2, 0) is 11.2 Å². The number of hydrogen-bond acceptors (Lipinski definition) is 3. The fraction of sp³-hybridized carbons (Fsp3) is 0.647. The van der Waals surface area contributed by atoms with Gasteiger partial charge >= 0.3 is 0 Å². The molecule has 1 saturated carbocycles. The molecule has 1 aliphatic carbocycles. The molecule has 0 amide bonds. The third kappa shape index (κ3) is 3.15. The number of fused-ring (bicyclic) bond motifs is 1. The first-order valence-corrected chi connectivity index (χ1v) is 7.89. The van der Waals surface area contributed by atoms with Crippen LogP contribution in [0.1, 0.15) is 31.2 Å². The average molecular weight is 275 g/mol. The summed E-state index contributed by atoms with van der Waals surface area (Å²) in [6.07, 6.45) is 6.37. The molecule has 20 heavy (non-hydrogen) atoms. The first-order valence-electron chi connectivity index (χ1n) is 7.89. The summed E-state index contributed by atoms with van der Waals surface area (Å²) in [6.45, 7) is 2.35. The molecule has 0 saturated heterocycles. The number of para-hydroxylation sites is 1. The number of nitrogens with two attached hydrogens (primary N) is 1. The van der Waals surface area contributed by atoms with Crippen LogP contribution in [-0.4, -0.2) is 25.9 Å². The van der Waals surface area contributed by atoms with Crippen molar-refractivity contribution in [3.63, 3.8) is 0 Å². The minimum atomic E-state index is 0.187. The highest BCUT2D eigenvalue weighted by atomic mass is 16.5. The van der Waals surface area contributed by atoms with Crippen LogP contribution in [0.5, 0.6) is 5.75 Å². The molecule has 1 aromatic carbocycles. The normalized spacial score (nSPS) is 28.9. The molecule has 0 aromatic heterocycles. The summed E-state index contributed by atoms with van der Waals surface area (Å²) in [5.74, 6) is 2.33. The lowest BCUT2D eigenvalue weighted by Crippen LogP contribution is -2.31. The minimum absolute atomic E-state index is 0.187. The second-order valence-electron chi connectivity index (χ2n) is 6.13. The van der Waals surface area contributed by atoms with Gasteiger partial charge in [-0.05, 0) is 42.9 Å². The molecule has 3 unspecified atom stereocenters. The Morgan fingerprint density at radius 3 is 2.70 bits per heavy atom. The lowest BCUT2D eigenvalue weighted by atomic mass is 9.80. The van der Waals surface area contributed by atoms with Gasteiger partial charge in [0, 0.05) is 13.0 Å². The molecule has 0 bridgehead atoms. The van der Waals surface area contributed by atoms with Crippen LogP contribution in [0.2, 0.25) is 0 Å². The van der Waals surface area contributed by atoms with E-state index in [9.17, 15) is 0 Å². The Morgan fingerprint density at radius 1 is 1.10 bits per heavy atom. The highest BCUT2D eigenvalue weighted by Crippen LogP contribution is 2.31. The van der Waals surface area contributed by atoms with E-state index in [4.69, 9.17) is 15.2 Å². The summed E-state index contributed by atoms with van der Waals surface area (Å²) in [5, 5.41) is 0. The molecule has 2 aliphatic rings. The molecule has 1 fully saturated rings. The zero-order chi connectivity index (χ0) is 13.8. The Bertz CT molecular complexity index is 410. The van der Waals surface area contributed by atoms with Crippen LogP contribution in [0.25, 0.3) is 0 Å². The van der Waals surface area contributed by atoms with Crippen LogP contribution in [0, 0.1) is 11.8 Å². The quantitative estimate of drug-likeness (QED) is 0.898. The molecule has 1 heterocycles. The maximum Gasteiger partial charge on any atom is 0.126 e. The lowest BCUT2D eigenvalue weighted by molar-refractivity contribution is 0.0201. The van der Waals surface area contributed by atoms with E-state index in [2.05, 4.69) is 12.1 Å². The first kappa shape index (κ1) is 13.9. The van der Waals surface area contributed by atoms with Crippen molar-refractivity contribution in [2.45, 2.75) is 38.2 Å². The predicted molar refractivity (Wildman–Crippen MR) is 79.9 cm³/mol. The molecular formula is C17H25NO2. The Labute approximate surface area is 121 Å². The van der Waals surface area contributed by atoms with E-state index in [0.717, 1.165) is 25.3 Å². The maximum atomic E-state index is 5.94. The van der Waals surface area contributed by atoms with Crippen molar-refractivity contribution >= 4 is 0 Å². The second kappa shape index (κ2) is 6.59. The average Bonchev–Trinajstić information content (AvgIpc) is 2.90. The van der Waals surface area contributed by atoms with E-state index in [1.54, 1.807) is 0 Å². The molecule has 3 heteroatoms. The highest BCUT2D eigenvalue weighted by molar-refractivity contribution is 5.37.